The topological polar surface area (TPSA) is 98.8 Å². The van der Waals surface area contributed by atoms with E-state index < -0.39 is 27.5 Å². The van der Waals surface area contributed by atoms with Crippen molar-refractivity contribution in [2.45, 2.75) is 38.1 Å². The molecule has 27 heavy (non-hydrogen) atoms. The normalized spacial score (nSPS) is 16.7. The molecule has 1 aliphatic heterocycles. The van der Waals surface area contributed by atoms with Gasteiger partial charge in [0.05, 0.1) is 11.4 Å². The van der Waals surface area contributed by atoms with Gasteiger partial charge in [0.15, 0.2) is 0 Å². The molecule has 0 unspecified atom stereocenters. The van der Waals surface area contributed by atoms with Crippen molar-refractivity contribution in [3.8, 4) is 0 Å². The molecule has 1 aliphatic rings. The number of urea groups is 1. The Morgan fingerprint density at radius 2 is 1.59 bits per heavy atom. The summed E-state index contributed by atoms with van der Waals surface area (Å²) in [5.74, 6) is -0.411. The molecule has 8 nitrogen and oxygen atoms in total. The maximum absolute atomic E-state index is 12.7. The van der Waals surface area contributed by atoms with Crippen LogP contribution >= 0.6 is 0 Å². The lowest BCUT2D eigenvalue weighted by Gasteiger charge is -2.33. The standard InChI is InChI=1S/C18H28N4O4S/c1-14-5-7-15(8-6-14)27(25,26)22-11-9-21(10-12-22)13-16(23)19-17(24)20-18(2,3)4/h5-8H,9-13H2,1-4H3,(H2,19,20,23,24). The van der Waals surface area contributed by atoms with E-state index in [1.54, 1.807) is 24.3 Å². The predicted octanol–water partition coefficient (Wildman–Crippen LogP) is 0.926. The summed E-state index contributed by atoms with van der Waals surface area (Å²) < 4.78 is 26.8. The molecule has 1 fully saturated rings. The molecular formula is C18H28N4O4S. The molecule has 2 rings (SSSR count). The molecule has 0 aliphatic carbocycles. The Bertz CT molecular complexity index is 777. The summed E-state index contributed by atoms with van der Waals surface area (Å²) in [6, 6.07) is 6.23. The quantitative estimate of drug-likeness (QED) is 0.789. The zero-order valence-electron chi connectivity index (χ0n) is 16.3. The number of piperazine rings is 1. The molecule has 9 heteroatoms. The van der Waals surface area contributed by atoms with Crippen LogP contribution in [0.3, 0.4) is 0 Å². The lowest BCUT2D eigenvalue weighted by molar-refractivity contribution is -0.121. The van der Waals surface area contributed by atoms with E-state index >= 15 is 0 Å². The minimum atomic E-state index is -3.53. The second-order valence-electron chi connectivity index (χ2n) is 7.75. The SMILES string of the molecule is Cc1ccc(S(=O)(=O)N2CCN(CC(=O)NC(=O)NC(C)(C)C)CC2)cc1. The number of nitrogens with zero attached hydrogens (tertiary/aromatic N) is 2. The van der Waals surface area contributed by atoms with Crippen molar-refractivity contribution in [1.29, 1.82) is 0 Å². The van der Waals surface area contributed by atoms with Crippen molar-refractivity contribution < 1.29 is 18.0 Å². The molecule has 150 valence electrons. The third kappa shape index (κ3) is 6.30. The fraction of sp³-hybridized carbons (Fsp3) is 0.556. The van der Waals surface area contributed by atoms with Crippen LogP contribution in [0.1, 0.15) is 26.3 Å². The monoisotopic (exact) mass is 396 g/mol. The van der Waals surface area contributed by atoms with Crippen molar-refractivity contribution in [2.75, 3.05) is 32.7 Å². The molecule has 0 aromatic heterocycles. The lowest BCUT2D eigenvalue weighted by atomic mass is 10.1. The van der Waals surface area contributed by atoms with Gasteiger partial charge >= 0.3 is 6.03 Å². The van der Waals surface area contributed by atoms with Crippen LogP contribution in [-0.2, 0) is 14.8 Å². The highest BCUT2D eigenvalue weighted by Crippen LogP contribution is 2.18. The molecule has 0 spiro atoms. The molecule has 1 heterocycles. The molecule has 2 N–H and O–H groups in total. The Morgan fingerprint density at radius 3 is 2.11 bits per heavy atom. The predicted molar refractivity (Wildman–Crippen MR) is 103 cm³/mol. The summed E-state index contributed by atoms with van der Waals surface area (Å²) in [4.78, 5) is 25.8. The van der Waals surface area contributed by atoms with E-state index in [-0.39, 0.29) is 11.4 Å². The van der Waals surface area contributed by atoms with Gasteiger partial charge in [-0.05, 0) is 39.8 Å². The third-order valence-electron chi connectivity index (χ3n) is 4.10. The van der Waals surface area contributed by atoms with Crippen molar-refractivity contribution in [2.24, 2.45) is 0 Å². The van der Waals surface area contributed by atoms with E-state index in [2.05, 4.69) is 10.6 Å². The molecular weight excluding hydrogens is 368 g/mol. The summed E-state index contributed by atoms with van der Waals surface area (Å²) in [7, 11) is -3.53. The van der Waals surface area contributed by atoms with E-state index in [0.717, 1.165) is 5.56 Å². The highest BCUT2D eigenvalue weighted by atomic mass is 32.2. The fourth-order valence-corrected chi connectivity index (χ4v) is 4.15. The van der Waals surface area contributed by atoms with E-state index in [0.29, 0.717) is 26.2 Å². The number of carbonyl (C=O) groups excluding carboxylic acids is 2. The summed E-state index contributed by atoms with van der Waals surface area (Å²) in [6.07, 6.45) is 0. The van der Waals surface area contributed by atoms with Crippen LogP contribution in [0.5, 0.6) is 0 Å². The van der Waals surface area contributed by atoms with Gasteiger partial charge in [-0.3, -0.25) is 15.0 Å². The van der Waals surface area contributed by atoms with Gasteiger partial charge in [-0.25, -0.2) is 13.2 Å². The smallest absolute Gasteiger partial charge is 0.321 e. The first-order valence-corrected chi connectivity index (χ1v) is 10.3. The largest absolute Gasteiger partial charge is 0.333 e. The number of benzene rings is 1. The number of amides is 3. The Kier molecular flexibility index (Phi) is 6.61. The van der Waals surface area contributed by atoms with Crippen molar-refractivity contribution >= 4 is 22.0 Å². The van der Waals surface area contributed by atoms with Crippen molar-refractivity contribution in [1.82, 2.24) is 19.8 Å². The average molecular weight is 397 g/mol. The van der Waals surface area contributed by atoms with Crippen LogP contribution in [0.4, 0.5) is 4.79 Å². The second kappa shape index (κ2) is 8.37. The number of rotatable bonds is 4. The van der Waals surface area contributed by atoms with E-state index in [9.17, 15) is 18.0 Å². The van der Waals surface area contributed by atoms with Gasteiger partial charge in [-0.2, -0.15) is 4.31 Å². The molecule has 1 aromatic carbocycles. The minimum absolute atomic E-state index is 0.0516. The van der Waals surface area contributed by atoms with Crippen LogP contribution in [0.15, 0.2) is 29.2 Å². The van der Waals surface area contributed by atoms with Crippen LogP contribution in [0.2, 0.25) is 0 Å². The number of carbonyl (C=O) groups is 2. The molecule has 0 radical (unpaired) electrons. The fourth-order valence-electron chi connectivity index (χ4n) is 2.73. The van der Waals surface area contributed by atoms with Gasteiger partial charge in [0.25, 0.3) is 0 Å². The van der Waals surface area contributed by atoms with Crippen LogP contribution in [0, 0.1) is 6.92 Å². The van der Waals surface area contributed by atoms with Crippen LogP contribution in [0.25, 0.3) is 0 Å². The van der Waals surface area contributed by atoms with Gasteiger partial charge in [0, 0.05) is 31.7 Å². The van der Waals surface area contributed by atoms with Gasteiger partial charge in [0.2, 0.25) is 15.9 Å². The lowest BCUT2D eigenvalue weighted by Crippen LogP contribution is -2.53. The molecule has 0 atom stereocenters. The van der Waals surface area contributed by atoms with Gasteiger partial charge < -0.3 is 5.32 Å². The first kappa shape index (κ1) is 21.3. The number of hydrogen-bond donors (Lipinski definition) is 2. The maximum atomic E-state index is 12.7. The number of imide groups is 1. The number of nitrogens with one attached hydrogen (secondary N) is 2. The van der Waals surface area contributed by atoms with Crippen molar-refractivity contribution in [3.05, 3.63) is 29.8 Å². The number of hydrogen-bond acceptors (Lipinski definition) is 5. The number of sulfonamides is 1. The van der Waals surface area contributed by atoms with Gasteiger partial charge in [-0.15, -0.1) is 0 Å². The van der Waals surface area contributed by atoms with E-state index in [1.807, 2.05) is 32.6 Å². The van der Waals surface area contributed by atoms with Crippen LogP contribution < -0.4 is 10.6 Å². The zero-order valence-corrected chi connectivity index (χ0v) is 17.1. The maximum Gasteiger partial charge on any atom is 0.321 e. The molecule has 3 amide bonds. The first-order chi connectivity index (χ1) is 12.5. The van der Waals surface area contributed by atoms with Gasteiger partial charge in [0.1, 0.15) is 0 Å². The molecule has 0 saturated carbocycles. The number of aryl methyl sites for hydroxylation is 1. The Labute approximate surface area is 161 Å². The average Bonchev–Trinajstić information content (AvgIpc) is 2.53. The van der Waals surface area contributed by atoms with E-state index in [4.69, 9.17) is 0 Å². The Balaban J connectivity index is 1.85. The second-order valence-corrected chi connectivity index (χ2v) is 9.68. The summed E-state index contributed by atoms with van der Waals surface area (Å²) in [5.41, 5.74) is 0.570. The highest BCUT2D eigenvalue weighted by Gasteiger charge is 2.29. The molecule has 1 saturated heterocycles. The zero-order chi connectivity index (χ0) is 20.2. The third-order valence-corrected chi connectivity index (χ3v) is 6.01. The van der Waals surface area contributed by atoms with Crippen molar-refractivity contribution in [3.63, 3.8) is 0 Å². The first-order valence-electron chi connectivity index (χ1n) is 8.88. The molecule has 1 aromatic rings. The molecule has 0 bridgehead atoms. The Hall–Kier alpha value is -1.97. The van der Waals surface area contributed by atoms with Crippen LogP contribution in [-0.4, -0.2) is 67.8 Å². The van der Waals surface area contributed by atoms with E-state index in [1.165, 1.54) is 4.31 Å². The summed E-state index contributed by atoms with van der Waals surface area (Å²) >= 11 is 0. The van der Waals surface area contributed by atoms with Gasteiger partial charge in [-0.1, -0.05) is 17.7 Å². The summed E-state index contributed by atoms with van der Waals surface area (Å²) in [6.45, 7) is 8.90. The highest BCUT2D eigenvalue weighted by molar-refractivity contribution is 7.89. The minimum Gasteiger partial charge on any atom is -0.333 e. The Morgan fingerprint density at radius 1 is 1.04 bits per heavy atom. The summed E-state index contributed by atoms with van der Waals surface area (Å²) in [5, 5.41) is 4.95.